The summed E-state index contributed by atoms with van der Waals surface area (Å²) < 4.78 is 12.1. The van der Waals surface area contributed by atoms with E-state index < -0.39 is 0 Å². The monoisotopic (exact) mass is 569 g/mol. The molecule has 8 nitrogen and oxygen atoms in total. The highest BCUT2D eigenvalue weighted by molar-refractivity contribution is 6.10. The average Bonchev–Trinajstić information content (AvgIpc) is 3.90. The van der Waals surface area contributed by atoms with Crippen molar-refractivity contribution < 1.29 is 4.42 Å². The van der Waals surface area contributed by atoms with Crippen molar-refractivity contribution in [1.29, 1.82) is 0 Å². The van der Waals surface area contributed by atoms with Gasteiger partial charge in [0.2, 0.25) is 5.89 Å². The van der Waals surface area contributed by atoms with Gasteiger partial charge in [0.25, 0.3) is 0 Å². The Kier molecular flexibility index (Phi) is 5.33. The number of benzene rings is 4. The Labute approximate surface area is 251 Å². The molecule has 0 aliphatic carbocycles. The van der Waals surface area contributed by atoms with Crippen LogP contribution in [0.4, 0.5) is 0 Å². The lowest BCUT2D eigenvalue weighted by Gasteiger charge is -2.11. The van der Waals surface area contributed by atoms with Gasteiger partial charge in [0, 0.05) is 52.4 Å². The first-order chi connectivity index (χ1) is 21.8. The molecule has 9 rings (SSSR count). The standard InChI is InChI=1S/C36H23N7O/c1-2-9-35-32(8-1)40-36(44-35)25-10-13-29-30-22-26(41-18-4-16-38-41)12-15-33(30)43(34(29)21-25)27-7-3-6-24(20-27)31-14-11-28(23-37-31)42-19-5-17-39-42/h1-23H. The molecule has 0 aliphatic heterocycles. The minimum atomic E-state index is 0.595. The number of hydrogen-bond acceptors (Lipinski definition) is 5. The lowest BCUT2D eigenvalue weighted by atomic mass is 10.1. The highest BCUT2D eigenvalue weighted by Crippen LogP contribution is 2.37. The van der Waals surface area contributed by atoms with Crippen LogP contribution >= 0.6 is 0 Å². The zero-order chi connectivity index (χ0) is 29.0. The van der Waals surface area contributed by atoms with E-state index in [0.717, 1.165) is 66.8 Å². The molecule has 4 aromatic carbocycles. The zero-order valence-electron chi connectivity index (χ0n) is 23.3. The van der Waals surface area contributed by atoms with E-state index in [-0.39, 0.29) is 0 Å². The normalized spacial score (nSPS) is 11.6. The van der Waals surface area contributed by atoms with Crippen molar-refractivity contribution in [1.82, 2.24) is 34.1 Å². The molecule has 0 bridgehead atoms. The van der Waals surface area contributed by atoms with Crippen LogP contribution in [0.25, 0.3) is 72.7 Å². The summed E-state index contributed by atoms with van der Waals surface area (Å²) in [6, 6.07) is 37.1. The highest BCUT2D eigenvalue weighted by atomic mass is 16.3. The molecular weight excluding hydrogens is 546 g/mol. The highest BCUT2D eigenvalue weighted by Gasteiger charge is 2.17. The van der Waals surface area contributed by atoms with Gasteiger partial charge >= 0.3 is 0 Å². The van der Waals surface area contributed by atoms with Gasteiger partial charge in [0.15, 0.2) is 5.58 Å². The molecule has 0 amide bonds. The fourth-order valence-electron chi connectivity index (χ4n) is 5.90. The van der Waals surface area contributed by atoms with Crippen molar-refractivity contribution >= 4 is 32.9 Å². The number of pyridine rings is 1. The Hall–Kier alpha value is -6.28. The second-order valence-electron chi connectivity index (χ2n) is 10.6. The average molecular weight is 570 g/mol. The second-order valence-corrected chi connectivity index (χ2v) is 10.6. The summed E-state index contributed by atoms with van der Waals surface area (Å²) in [4.78, 5) is 9.54. The van der Waals surface area contributed by atoms with Gasteiger partial charge in [-0.25, -0.2) is 14.3 Å². The van der Waals surface area contributed by atoms with Crippen molar-refractivity contribution in [2.75, 3.05) is 0 Å². The second kappa shape index (κ2) is 9.64. The summed E-state index contributed by atoms with van der Waals surface area (Å²) in [5, 5.41) is 11.0. The summed E-state index contributed by atoms with van der Waals surface area (Å²) >= 11 is 0. The minimum absolute atomic E-state index is 0.595. The van der Waals surface area contributed by atoms with Gasteiger partial charge in [-0.3, -0.25) is 4.98 Å². The number of aromatic nitrogens is 7. The van der Waals surface area contributed by atoms with E-state index in [9.17, 15) is 0 Å². The van der Waals surface area contributed by atoms with E-state index in [1.807, 2.05) is 71.8 Å². The van der Waals surface area contributed by atoms with Crippen LogP contribution in [-0.4, -0.2) is 34.1 Å². The quantitative estimate of drug-likeness (QED) is 0.210. The molecule has 208 valence electrons. The molecule has 5 aromatic heterocycles. The van der Waals surface area contributed by atoms with Crippen LogP contribution in [-0.2, 0) is 0 Å². The lowest BCUT2D eigenvalue weighted by Crippen LogP contribution is -1.97. The van der Waals surface area contributed by atoms with Crippen LogP contribution in [0, 0.1) is 0 Å². The molecule has 5 heterocycles. The maximum Gasteiger partial charge on any atom is 0.227 e. The van der Waals surface area contributed by atoms with Gasteiger partial charge in [-0.15, -0.1) is 0 Å². The van der Waals surface area contributed by atoms with E-state index in [0.29, 0.717) is 5.89 Å². The van der Waals surface area contributed by atoms with Gasteiger partial charge in [-0.2, -0.15) is 10.2 Å². The van der Waals surface area contributed by atoms with Gasteiger partial charge in [0.05, 0.1) is 34.3 Å². The first-order valence-corrected chi connectivity index (χ1v) is 14.3. The third-order valence-corrected chi connectivity index (χ3v) is 7.98. The van der Waals surface area contributed by atoms with Crippen molar-refractivity contribution in [3.05, 3.63) is 140 Å². The molecule has 0 N–H and O–H groups in total. The van der Waals surface area contributed by atoms with Crippen LogP contribution in [0.3, 0.4) is 0 Å². The van der Waals surface area contributed by atoms with Crippen molar-refractivity contribution in [2.45, 2.75) is 0 Å². The predicted molar refractivity (Wildman–Crippen MR) is 171 cm³/mol. The molecule has 0 saturated carbocycles. The molecule has 9 aromatic rings. The van der Waals surface area contributed by atoms with Crippen LogP contribution < -0.4 is 0 Å². The Morgan fingerprint density at radius 3 is 2.20 bits per heavy atom. The molecular formula is C36H23N7O. The van der Waals surface area contributed by atoms with Gasteiger partial charge in [-0.1, -0.05) is 30.3 Å². The molecule has 0 atom stereocenters. The molecule has 44 heavy (non-hydrogen) atoms. The Bertz CT molecular complexity index is 2400. The number of para-hydroxylation sites is 2. The molecule has 0 saturated heterocycles. The van der Waals surface area contributed by atoms with Crippen LogP contribution in [0.5, 0.6) is 0 Å². The van der Waals surface area contributed by atoms with Crippen LogP contribution in [0.1, 0.15) is 0 Å². The fourth-order valence-corrected chi connectivity index (χ4v) is 5.90. The third-order valence-electron chi connectivity index (χ3n) is 7.98. The fraction of sp³-hybridized carbons (Fsp3) is 0. The van der Waals surface area contributed by atoms with Crippen molar-refractivity contribution in [3.8, 4) is 39.8 Å². The van der Waals surface area contributed by atoms with Gasteiger partial charge in [0.1, 0.15) is 5.52 Å². The van der Waals surface area contributed by atoms with Gasteiger partial charge in [-0.05, 0) is 78.9 Å². The largest absolute Gasteiger partial charge is 0.436 e. The SMILES string of the molecule is c1cc(-c2ccc(-n3cccn3)cn2)cc(-n2c3ccc(-n4cccn4)cc3c3ccc(-c4nc5ccccc5o4)cc32)c1. The summed E-state index contributed by atoms with van der Waals surface area (Å²) in [7, 11) is 0. The minimum Gasteiger partial charge on any atom is -0.436 e. The molecule has 0 aliphatic rings. The molecule has 8 heteroatoms. The number of oxazole rings is 1. The zero-order valence-corrected chi connectivity index (χ0v) is 23.3. The van der Waals surface area contributed by atoms with E-state index in [1.165, 1.54) is 0 Å². The predicted octanol–water partition coefficient (Wildman–Crippen LogP) is 8.03. The van der Waals surface area contributed by atoms with Crippen molar-refractivity contribution in [3.63, 3.8) is 0 Å². The number of rotatable bonds is 5. The summed E-state index contributed by atoms with van der Waals surface area (Å²) in [6.45, 7) is 0. The Morgan fingerprint density at radius 2 is 1.41 bits per heavy atom. The van der Waals surface area contributed by atoms with E-state index in [4.69, 9.17) is 14.4 Å². The van der Waals surface area contributed by atoms with Gasteiger partial charge < -0.3 is 8.98 Å². The Balaban J connectivity index is 1.23. The topological polar surface area (TPSA) is 79.5 Å². The molecule has 0 spiro atoms. The number of nitrogens with zero attached hydrogens (tertiary/aromatic N) is 7. The van der Waals surface area contributed by atoms with E-state index in [2.05, 4.69) is 75.4 Å². The molecule has 0 unspecified atom stereocenters. The van der Waals surface area contributed by atoms with E-state index >= 15 is 0 Å². The third kappa shape index (κ3) is 3.93. The van der Waals surface area contributed by atoms with E-state index in [1.54, 1.807) is 17.1 Å². The van der Waals surface area contributed by atoms with Crippen LogP contribution in [0.2, 0.25) is 0 Å². The lowest BCUT2D eigenvalue weighted by molar-refractivity contribution is 0.620. The maximum absolute atomic E-state index is 6.16. The molecule has 0 fully saturated rings. The first kappa shape index (κ1) is 24.3. The smallest absolute Gasteiger partial charge is 0.227 e. The van der Waals surface area contributed by atoms with Crippen LogP contribution in [0.15, 0.2) is 145 Å². The molecule has 0 radical (unpaired) electrons. The summed E-state index contributed by atoms with van der Waals surface area (Å²) in [6.07, 6.45) is 9.27. The Morgan fingerprint density at radius 1 is 0.568 bits per heavy atom. The van der Waals surface area contributed by atoms with Crippen molar-refractivity contribution in [2.24, 2.45) is 0 Å². The summed E-state index contributed by atoms with van der Waals surface area (Å²) in [5.41, 5.74) is 9.51. The first-order valence-electron chi connectivity index (χ1n) is 14.3. The number of fused-ring (bicyclic) bond motifs is 4. The maximum atomic E-state index is 6.16. The number of hydrogen-bond donors (Lipinski definition) is 0. The summed E-state index contributed by atoms with van der Waals surface area (Å²) in [5.74, 6) is 0.595.